The number of halogens is 1. The second-order valence-corrected chi connectivity index (χ2v) is 5.17. The van der Waals surface area contributed by atoms with Crippen LogP contribution in [-0.2, 0) is 0 Å². The van der Waals surface area contributed by atoms with Gasteiger partial charge in [-0.05, 0) is 38.0 Å². The van der Waals surface area contributed by atoms with Crippen molar-refractivity contribution in [1.82, 2.24) is 9.78 Å². The third-order valence-corrected chi connectivity index (χ3v) is 3.39. The number of rotatable bonds is 3. The molecule has 0 spiro atoms. The zero-order valence-electron chi connectivity index (χ0n) is 10.8. The summed E-state index contributed by atoms with van der Waals surface area (Å²) in [5.74, 6) is 0. The van der Waals surface area contributed by atoms with Gasteiger partial charge in [0, 0.05) is 22.8 Å². The Balaban J connectivity index is 2.29. The van der Waals surface area contributed by atoms with Gasteiger partial charge in [0.1, 0.15) is 6.10 Å². The first kappa shape index (κ1) is 13.1. The number of hydrogen-bond acceptors (Lipinski definition) is 2. The number of aryl methyl sites for hydroxylation is 1. The zero-order chi connectivity index (χ0) is 13.3. The van der Waals surface area contributed by atoms with Gasteiger partial charge in [0.2, 0.25) is 0 Å². The minimum Gasteiger partial charge on any atom is -0.384 e. The molecule has 2 aromatic rings. The average molecular weight is 265 g/mol. The summed E-state index contributed by atoms with van der Waals surface area (Å²) in [7, 11) is 0. The molecule has 1 unspecified atom stereocenters. The van der Waals surface area contributed by atoms with Crippen molar-refractivity contribution >= 4 is 11.6 Å². The van der Waals surface area contributed by atoms with Gasteiger partial charge in [-0.15, -0.1) is 0 Å². The van der Waals surface area contributed by atoms with Crippen LogP contribution in [0.15, 0.2) is 30.6 Å². The van der Waals surface area contributed by atoms with Crippen molar-refractivity contribution in [2.75, 3.05) is 0 Å². The summed E-state index contributed by atoms with van der Waals surface area (Å²) in [5.41, 5.74) is 2.57. The lowest BCUT2D eigenvalue weighted by Crippen LogP contribution is -2.01. The average Bonchev–Trinajstić information content (AvgIpc) is 2.81. The van der Waals surface area contributed by atoms with E-state index < -0.39 is 6.10 Å². The molecule has 0 aliphatic heterocycles. The molecule has 0 fully saturated rings. The molecule has 0 saturated carbocycles. The third kappa shape index (κ3) is 2.57. The van der Waals surface area contributed by atoms with E-state index in [1.165, 1.54) is 0 Å². The molecular weight excluding hydrogens is 248 g/mol. The lowest BCUT2D eigenvalue weighted by Gasteiger charge is -2.10. The van der Waals surface area contributed by atoms with E-state index in [-0.39, 0.29) is 6.04 Å². The molecule has 2 rings (SSSR count). The molecule has 1 aromatic carbocycles. The third-order valence-electron chi connectivity index (χ3n) is 2.98. The largest absolute Gasteiger partial charge is 0.384 e. The van der Waals surface area contributed by atoms with E-state index in [9.17, 15) is 5.11 Å². The van der Waals surface area contributed by atoms with Crippen LogP contribution in [0, 0.1) is 6.92 Å². The van der Waals surface area contributed by atoms with Gasteiger partial charge in [-0.2, -0.15) is 5.10 Å². The Morgan fingerprint density at radius 1 is 1.28 bits per heavy atom. The number of hydrogen-bond donors (Lipinski definition) is 1. The maximum Gasteiger partial charge on any atom is 0.107 e. The summed E-state index contributed by atoms with van der Waals surface area (Å²) in [5, 5.41) is 15.2. The van der Waals surface area contributed by atoms with E-state index >= 15 is 0 Å². The van der Waals surface area contributed by atoms with Crippen molar-refractivity contribution in [2.45, 2.75) is 32.9 Å². The van der Waals surface area contributed by atoms with Gasteiger partial charge in [-0.1, -0.05) is 23.7 Å². The Morgan fingerprint density at radius 2 is 2.00 bits per heavy atom. The highest BCUT2D eigenvalue weighted by Crippen LogP contribution is 2.26. The maximum atomic E-state index is 10.3. The first-order valence-electron chi connectivity index (χ1n) is 5.97. The molecule has 1 atom stereocenters. The monoisotopic (exact) mass is 264 g/mol. The van der Waals surface area contributed by atoms with Gasteiger partial charge in [0.25, 0.3) is 0 Å². The van der Waals surface area contributed by atoms with Crippen molar-refractivity contribution in [3.63, 3.8) is 0 Å². The van der Waals surface area contributed by atoms with E-state index in [4.69, 9.17) is 11.6 Å². The topological polar surface area (TPSA) is 38.1 Å². The molecule has 1 heterocycles. The van der Waals surface area contributed by atoms with Gasteiger partial charge in [-0.25, -0.2) is 0 Å². The minimum absolute atomic E-state index is 0.285. The summed E-state index contributed by atoms with van der Waals surface area (Å²) < 4.78 is 1.83. The number of nitrogens with zero attached hydrogens (tertiary/aromatic N) is 2. The van der Waals surface area contributed by atoms with Crippen LogP contribution >= 0.6 is 11.6 Å². The second-order valence-electron chi connectivity index (χ2n) is 4.76. The summed E-state index contributed by atoms with van der Waals surface area (Å²) in [4.78, 5) is 0. The van der Waals surface area contributed by atoms with Crippen LogP contribution in [0.2, 0.25) is 5.02 Å². The van der Waals surface area contributed by atoms with Crippen LogP contribution in [0.1, 0.15) is 42.7 Å². The van der Waals surface area contributed by atoms with E-state index in [0.717, 1.165) is 16.7 Å². The summed E-state index contributed by atoms with van der Waals surface area (Å²) in [6, 6.07) is 5.88. The summed E-state index contributed by atoms with van der Waals surface area (Å²) >= 11 is 6.07. The van der Waals surface area contributed by atoms with Crippen molar-refractivity contribution < 1.29 is 5.11 Å². The van der Waals surface area contributed by atoms with E-state index in [1.807, 2.05) is 43.8 Å². The smallest absolute Gasteiger partial charge is 0.107 e. The van der Waals surface area contributed by atoms with E-state index in [0.29, 0.717) is 5.02 Å². The number of aliphatic hydroxyl groups excluding tert-OH is 1. The van der Waals surface area contributed by atoms with Crippen LogP contribution in [0.5, 0.6) is 0 Å². The van der Waals surface area contributed by atoms with Crippen molar-refractivity contribution in [1.29, 1.82) is 0 Å². The molecule has 0 amide bonds. The molecule has 1 aromatic heterocycles. The standard InChI is InChI=1S/C14H17ClN2O/c1-9(2)17-8-12(7-16-17)14(18)11-5-4-10(3)13(15)6-11/h4-9,14,18H,1-3H3. The fraction of sp³-hybridized carbons (Fsp3) is 0.357. The molecular formula is C14H17ClN2O. The van der Waals surface area contributed by atoms with Crippen LogP contribution in [-0.4, -0.2) is 14.9 Å². The second kappa shape index (κ2) is 5.12. The molecule has 18 heavy (non-hydrogen) atoms. The lowest BCUT2D eigenvalue weighted by atomic mass is 10.0. The Hall–Kier alpha value is -1.32. The molecule has 0 bridgehead atoms. The van der Waals surface area contributed by atoms with Crippen LogP contribution in [0.25, 0.3) is 0 Å². The summed E-state index contributed by atoms with van der Waals surface area (Å²) in [6.07, 6.45) is 2.87. The van der Waals surface area contributed by atoms with Crippen molar-refractivity contribution in [2.24, 2.45) is 0 Å². The lowest BCUT2D eigenvalue weighted by molar-refractivity contribution is 0.220. The summed E-state index contributed by atoms with van der Waals surface area (Å²) in [6.45, 7) is 6.03. The van der Waals surface area contributed by atoms with Crippen molar-refractivity contribution in [3.8, 4) is 0 Å². The van der Waals surface area contributed by atoms with Crippen LogP contribution in [0.4, 0.5) is 0 Å². The van der Waals surface area contributed by atoms with E-state index in [1.54, 1.807) is 12.3 Å². The number of aromatic nitrogens is 2. The number of benzene rings is 1. The van der Waals surface area contributed by atoms with Gasteiger partial charge < -0.3 is 5.11 Å². The predicted octanol–water partition coefficient (Wildman–Crippen LogP) is 3.51. The van der Waals surface area contributed by atoms with Gasteiger partial charge in [-0.3, -0.25) is 4.68 Å². The Labute approximate surface area is 112 Å². The quantitative estimate of drug-likeness (QED) is 0.921. The molecule has 0 radical (unpaired) electrons. The molecule has 3 nitrogen and oxygen atoms in total. The van der Waals surface area contributed by atoms with Crippen molar-refractivity contribution in [3.05, 3.63) is 52.3 Å². The maximum absolute atomic E-state index is 10.3. The van der Waals surface area contributed by atoms with Gasteiger partial charge in [0.05, 0.1) is 6.20 Å². The van der Waals surface area contributed by atoms with Crippen LogP contribution in [0.3, 0.4) is 0 Å². The molecule has 96 valence electrons. The Bertz CT molecular complexity index is 548. The molecule has 1 N–H and O–H groups in total. The highest BCUT2D eigenvalue weighted by Gasteiger charge is 2.14. The fourth-order valence-corrected chi connectivity index (χ4v) is 1.94. The fourth-order valence-electron chi connectivity index (χ4n) is 1.75. The highest BCUT2D eigenvalue weighted by molar-refractivity contribution is 6.31. The van der Waals surface area contributed by atoms with Gasteiger partial charge >= 0.3 is 0 Å². The Morgan fingerprint density at radius 3 is 2.56 bits per heavy atom. The van der Waals surface area contributed by atoms with E-state index in [2.05, 4.69) is 5.10 Å². The molecule has 0 aliphatic carbocycles. The highest BCUT2D eigenvalue weighted by atomic mass is 35.5. The zero-order valence-corrected chi connectivity index (χ0v) is 11.5. The van der Waals surface area contributed by atoms with Crippen LogP contribution < -0.4 is 0 Å². The van der Waals surface area contributed by atoms with Gasteiger partial charge in [0.15, 0.2) is 0 Å². The molecule has 0 aliphatic rings. The number of aliphatic hydroxyl groups is 1. The minimum atomic E-state index is -0.685. The predicted molar refractivity (Wildman–Crippen MR) is 72.9 cm³/mol. The first-order valence-corrected chi connectivity index (χ1v) is 6.35. The first-order chi connectivity index (χ1) is 8.49. The molecule has 4 heteroatoms. The Kier molecular flexibility index (Phi) is 3.73. The SMILES string of the molecule is Cc1ccc(C(O)c2cnn(C(C)C)c2)cc1Cl. The molecule has 0 saturated heterocycles. The normalized spacial score (nSPS) is 13.0.